The third-order valence-corrected chi connectivity index (χ3v) is 5.52. The molecule has 0 bridgehead atoms. The molecule has 0 amide bonds. The van der Waals surface area contributed by atoms with Gasteiger partial charge < -0.3 is 29.6 Å². The first kappa shape index (κ1) is 20.9. The lowest BCUT2D eigenvalue weighted by atomic mass is 10.1. The summed E-state index contributed by atoms with van der Waals surface area (Å²) in [5.74, 6) is -1.48. The molecule has 0 radical (unpaired) electrons. The van der Waals surface area contributed by atoms with Gasteiger partial charge in [-0.05, 0) is 44.1 Å². The first-order valence-corrected chi connectivity index (χ1v) is 10.3. The van der Waals surface area contributed by atoms with Crippen molar-refractivity contribution in [1.29, 1.82) is 0 Å². The van der Waals surface area contributed by atoms with Crippen molar-refractivity contribution in [3.8, 4) is 40.1 Å². The van der Waals surface area contributed by atoms with Gasteiger partial charge in [-0.2, -0.15) is 0 Å². The van der Waals surface area contributed by atoms with Crippen molar-refractivity contribution in [2.24, 2.45) is 0 Å². The van der Waals surface area contributed by atoms with Gasteiger partial charge in [0.05, 0.1) is 0 Å². The Bertz CT molecular complexity index is 1150. The molecule has 4 N–H and O–H groups in total. The number of rotatable bonds is 5. The van der Waals surface area contributed by atoms with Crippen LogP contribution in [0.1, 0.15) is 25.7 Å². The molecule has 1 fully saturated rings. The van der Waals surface area contributed by atoms with E-state index >= 15 is 0 Å². The first-order chi connectivity index (χ1) is 14.9. The fraction of sp³-hybridized carbons (Fsp3) is 0.348. The highest BCUT2D eigenvalue weighted by molar-refractivity contribution is 5.88. The highest BCUT2D eigenvalue weighted by Gasteiger charge is 2.20. The molecule has 0 unspecified atom stereocenters. The van der Waals surface area contributed by atoms with Crippen molar-refractivity contribution >= 4 is 11.0 Å². The molecular formula is C23H25NO7. The molecule has 1 aliphatic rings. The largest absolute Gasteiger partial charge is 0.508 e. The second-order valence-corrected chi connectivity index (χ2v) is 7.73. The Morgan fingerprint density at radius 1 is 0.935 bits per heavy atom. The van der Waals surface area contributed by atoms with Gasteiger partial charge >= 0.3 is 0 Å². The van der Waals surface area contributed by atoms with Gasteiger partial charge in [0, 0.05) is 24.2 Å². The summed E-state index contributed by atoms with van der Waals surface area (Å²) in [6.45, 7) is 3.18. The molecule has 1 saturated heterocycles. The van der Waals surface area contributed by atoms with Crippen LogP contribution in [-0.2, 0) is 0 Å². The molecule has 0 aliphatic carbocycles. The summed E-state index contributed by atoms with van der Waals surface area (Å²) in [6.07, 6.45) is 4.84. The van der Waals surface area contributed by atoms with Crippen molar-refractivity contribution in [3.05, 3.63) is 40.6 Å². The van der Waals surface area contributed by atoms with Gasteiger partial charge in [0.25, 0.3) is 0 Å². The number of benzene rings is 2. The predicted molar refractivity (Wildman–Crippen MR) is 115 cm³/mol. The number of fused-ring (bicyclic) bond motifs is 1. The maximum atomic E-state index is 12.5. The zero-order valence-electron chi connectivity index (χ0n) is 17.0. The number of phenols is 3. The second-order valence-electron chi connectivity index (χ2n) is 7.73. The Balaban J connectivity index is 1.61. The summed E-state index contributed by atoms with van der Waals surface area (Å²) >= 11 is 0. The predicted octanol–water partition coefficient (Wildman–Crippen LogP) is 3.54. The quantitative estimate of drug-likeness (QED) is 0.488. The topological polar surface area (TPSA) is 124 Å². The van der Waals surface area contributed by atoms with Gasteiger partial charge in [-0.1, -0.05) is 12.8 Å². The molecule has 0 saturated carbocycles. The van der Waals surface area contributed by atoms with Crippen LogP contribution >= 0.6 is 0 Å². The van der Waals surface area contributed by atoms with E-state index in [-0.39, 0.29) is 34.0 Å². The maximum Gasteiger partial charge on any atom is 0.238 e. The standard InChI is InChI=1S/C23H25NO7/c25-15-12-17(27)20-19(13-15)31-23(22(29)21(20)28)14-5-6-16(26)18(11-14)30-10-9-24-7-3-1-2-4-8-24/h5-6,11-13,25-27,29H,1-4,7-10H2. The lowest BCUT2D eigenvalue weighted by Gasteiger charge is -2.20. The van der Waals surface area contributed by atoms with Gasteiger partial charge in [-0.3, -0.25) is 9.69 Å². The van der Waals surface area contributed by atoms with Crippen LogP contribution in [0.4, 0.5) is 0 Å². The van der Waals surface area contributed by atoms with E-state index in [9.17, 15) is 25.2 Å². The van der Waals surface area contributed by atoms with Crippen molar-refractivity contribution < 1.29 is 29.6 Å². The van der Waals surface area contributed by atoms with Crippen LogP contribution in [0.3, 0.4) is 0 Å². The number of likely N-dealkylation sites (tertiary alicyclic amines) is 1. The van der Waals surface area contributed by atoms with E-state index in [0.717, 1.165) is 25.7 Å². The smallest absolute Gasteiger partial charge is 0.238 e. The number of nitrogens with zero attached hydrogens (tertiary/aromatic N) is 1. The summed E-state index contributed by atoms with van der Waals surface area (Å²) in [7, 11) is 0. The van der Waals surface area contributed by atoms with Gasteiger partial charge in [0.15, 0.2) is 17.3 Å². The Morgan fingerprint density at radius 2 is 1.68 bits per heavy atom. The van der Waals surface area contributed by atoms with E-state index in [1.807, 2.05) is 0 Å². The van der Waals surface area contributed by atoms with Gasteiger partial charge in [-0.15, -0.1) is 0 Å². The summed E-state index contributed by atoms with van der Waals surface area (Å²) in [5.41, 5.74) is -0.598. The van der Waals surface area contributed by atoms with Gasteiger partial charge in [0.2, 0.25) is 11.2 Å². The zero-order valence-corrected chi connectivity index (χ0v) is 17.0. The van der Waals surface area contributed by atoms with Crippen LogP contribution < -0.4 is 10.2 Å². The van der Waals surface area contributed by atoms with Crippen LogP contribution in [0.15, 0.2) is 39.5 Å². The third kappa shape index (κ3) is 4.39. The molecule has 31 heavy (non-hydrogen) atoms. The maximum absolute atomic E-state index is 12.5. The summed E-state index contributed by atoms with van der Waals surface area (Å²) in [6, 6.07) is 6.52. The van der Waals surface area contributed by atoms with Gasteiger partial charge in [-0.25, -0.2) is 0 Å². The molecule has 3 aromatic rings. The van der Waals surface area contributed by atoms with Crippen molar-refractivity contribution in [1.82, 2.24) is 4.90 Å². The zero-order chi connectivity index (χ0) is 22.0. The number of ether oxygens (including phenoxy) is 1. The molecule has 1 aromatic heterocycles. The Morgan fingerprint density at radius 3 is 2.42 bits per heavy atom. The molecule has 0 atom stereocenters. The van der Waals surface area contributed by atoms with Crippen LogP contribution in [0, 0.1) is 0 Å². The Labute approximate surface area is 178 Å². The average Bonchev–Trinajstić information content (AvgIpc) is 3.00. The minimum atomic E-state index is -0.828. The van der Waals surface area contributed by atoms with Crippen LogP contribution in [-0.4, -0.2) is 51.6 Å². The summed E-state index contributed by atoms with van der Waals surface area (Å²) in [4.78, 5) is 14.9. The SMILES string of the molecule is O=c1c(O)c(-c2ccc(O)c(OCCN3CCCCCC3)c2)oc2cc(O)cc(O)c12. The second kappa shape index (κ2) is 8.77. The van der Waals surface area contributed by atoms with Crippen LogP contribution in [0.25, 0.3) is 22.3 Å². The normalized spacial score (nSPS) is 15.1. The summed E-state index contributed by atoms with van der Waals surface area (Å²) in [5, 5.41) is 40.0. The number of hydrogen-bond donors (Lipinski definition) is 4. The summed E-state index contributed by atoms with van der Waals surface area (Å²) < 4.78 is 11.4. The minimum Gasteiger partial charge on any atom is -0.508 e. The lowest BCUT2D eigenvalue weighted by molar-refractivity contribution is 0.210. The Kier molecular flexibility index (Phi) is 5.90. The molecule has 2 aromatic carbocycles. The molecule has 4 rings (SSSR count). The van der Waals surface area contributed by atoms with Crippen molar-refractivity contribution in [2.75, 3.05) is 26.2 Å². The van der Waals surface area contributed by atoms with Gasteiger partial charge in [0.1, 0.15) is 29.1 Å². The van der Waals surface area contributed by atoms with Crippen molar-refractivity contribution in [2.45, 2.75) is 25.7 Å². The average molecular weight is 427 g/mol. The number of phenolic OH excluding ortho intramolecular Hbond substituents is 3. The fourth-order valence-corrected chi connectivity index (χ4v) is 3.89. The molecule has 8 nitrogen and oxygen atoms in total. The fourth-order valence-electron chi connectivity index (χ4n) is 3.89. The molecule has 1 aliphatic heterocycles. The molecule has 0 spiro atoms. The van der Waals surface area contributed by atoms with Crippen LogP contribution in [0.5, 0.6) is 28.7 Å². The van der Waals surface area contributed by atoms with Crippen LogP contribution in [0.2, 0.25) is 0 Å². The number of aromatic hydroxyl groups is 4. The number of hydrogen-bond acceptors (Lipinski definition) is 8. The molecule has 2 heterocycles. The molecule has 164 valence electrons. The first-order valence-electron chi connectivity index (χ1n) is 10.3. The highest BCUT2D eigenvalue weighted by atomic mass is 16.5. The van der Waals surface area contributed by atoms with E-state index in [1.54, 1.807) is 0 Å². The van der Waals surface area contributed by atoms with E-state index in [0.29, 0.717) is 12.2 Å². The minimum absolute atomic E-state index is 0.0717. The van der Waals surface area contributed by atoms with E-state index in [1.165, 1.54) is 49.9 Å². The third-order valence-electron chi connectivity index (χ3n) is 5.52. The van der Waals surface area contributed by atoms with E-state index < -0.39 is 16.9 Å². The molecule has 8 heteroatoms. The highest BCUT2D eigenvalue weighted by Crippen LogP contribution is 2.38. The Hall–Kier alpha value is -3.39. The van der Waals surface area contributed by atoms with Crippen molar-refractivity contribution in [3.63, 3.8) is 0 Å². The van der Waals surface area contributed by atoms with E-state index in [2.05, 4.69) is 4.90 Å². The molecular weight excluding hydrogens is 402 g/mol. The monoisotopic (exact) mass is 427 g/mol. The van der Waals surface area contributed by atoms with E-state index in [4.69, 9.17) is 9.15 Å². The lowest BCUT2D eigenvalue weighted by Crippen LogP contribution is -2.29.